The summed E-state index contributed by atoms with van der Waals surface area (Å²) in [7, 11) is 3.86. The van der Waals surface area contributed by atoms with Crippen LogP contribution >= 0.6 is 0 Å². The fourth-order valence-electron chi connectivity index (χ4n) is 4.07. The van der Waals surface area contributed by atoms with Gasteiger partial charge in [-0.2, -0.15) is 0 Å². The monoisotopic (exact) mass is 351 g/mol. The van der Waals surface area contributed by atoms with E-state index in [1.165, 1.54) is 0 Å². The Bertz CT molecular complexity index is 755. The lowest BCUT2D eigenvalue weighted by Crippen LogP contribution is -2.48. The van der Waals surface area contributed by atoms with Gasteiger partial charge in [0, 0.05) is 14.1 Å². The van der Waals surface area contributed by atoms with E-state index in [0.717, 1.165) is 42.9 Å². The summed E-state index contributed by atoms with van der Waals surface area (Å²) in [6, 6.07) is 18.5. The zero-order valence-electron chi connectivity index (χ0n) is 16.3. The van der Waals surface area contributed by atoms with Crippen molar-refractivity contribution in [1.82, 2.24) is 9.91 Å². The van der Waals surface area contributed by atoms with Crippen molar-refractivity contribution in [2.24, 2.45) is 0 Å². The molecule has 1 amide bonds. The molecule has 0 N–H and O–H groups in total. The van der Waals surface area contributed by atoms with E-state index in [9.17, 15) is 4.79 Å². The molecule has 0 fully saturated rings. The molecule has 2 aromatic rings. The van der Waals surface area contributed by atoms with E-state index in [4.69, 9.17) is 0 Å². The van der Waals surface area contributed by atoms with E-state index >= 15 is 0 Å². The van der Waals surface area contributed by atoms with Crippen LogP contribution in [0.4, 0.5) is 5.69 Å². The highest BCUT2D eigenvalue weighted by atomic mass is 16.2. The fourth-order valence-corrected chi connectivity index (χ4v) is 4.07. The molecule has 138 valence electrons. The van der Waals surface area contributed by atoms with Crippen LogP contribution in [0.1, 0.15) is 31.4 Å². The van der Waals surface area contributed by atoms with Gasteiger partial charge in [0.25, 0.3) is 5.91 Å². The van der Waals surface area contributed by atoms with E-state index in [-0.39, 0.29) is 5.91 Å². The third-order valence-corrected chi connectivity index (χ3v) is 5.51. The number of hydrogen-bond donors (Lipinski definition) is 0. The van der Waals surface area contributed by atoms with E-state index in [2.05, 4.69) is 43.0 Å². The molecule has 2 aromatic carbocycles. The molecule has 0 unspecified atom stereocenters. The smallest absolute Gasteiger partial charge is 0.256 e. The number of carbonyl (C=O) groups is 1. The third-order valence-electron chi connectivity index (χ3n) is 5.51. The van der Waals surface area contributed by atoms with Crippen molar-refractivity contribution in [2.75, 3.05) is 38.7 Å². The molecule has 1 aliphatic heterocycles. The van der Waals surface area contributed by atoms with Crippen molar-refractivity contribution < 1.29 is 4.79 Å². The SMILES string of the molecule is CCN(CC)CC[C@]1(c2ccccc2)C(=O)N(N(C)C)c2ccccc21. The molecule has 3 rings (SSSR count). The molecule has 0 saturated carbocycles. The largest absolute Gasteiger partial charge is 0.304 e. The van der Waals surface area contributed by atoms with Crippen LogP contribution in [0.5, 0.6) is 0 Å². The topological polar surface area (TPSA) is 26.8 Å². The molecule has 4 nitrogen and oxygen atoms in total. The van der Waals surface area contributed by atoms with Crippen molar-refractivity contribution in [2.45, 2.75) is 25.7 Å². The number of para-hydroxylation sites is 1. The highest BCUT2D eigenvalue weighted by Gasteiger charge is 2.52. The number of amides is 1. The first-order valence-corrected chi connectivity index (χ1v) is 9.45. The third kappa shape index (κ3) is 2.93. The Morgan fingerprint density at radius 2 is 1.54 bits per heavy atom. The molecule has 0 radical (unpaired) electrons. The summed E-state index contributed by atoms with van der Waals surface area (Å²) < 4.78 is 0. The van der Waals surface area contributed by atoms with Gasteiger partial charge in [0.15, 0.2) is 0 Å². The number of hydrazine groups is 1. The number of nitrogens with zero attached hydrogens (tertiary/aromatic N) is 3. The van der Waals surface area contributed by atoms with Gasteiger partial charge >= 0.3 is 0 Å². The summed E-state index contributed by atoms with van der Waals surface area (Å²) in [5.74, 6) is 0.141. The molecular weight excluding hydrogens is 322 g/mol. The van der Waals surface area contributed by atoms with Crippen LogP contribution in [0.2, 0.25) is 0 Å². The zero-order chi connectivity index (χ0) is 18.7. The summed E-state index contributed by atoms with van der Waals surface area (Å²) in [4.78, 5) is 16.2. The van der Waals surface area contributed by atoms with Gasteiger partial charge in [0.05, 0.1) is 5.69 Å². The van der Waals surface area contributed by atoms with Gasteiger partial charge in [-0.3, -0.25) is 4.79 Å². The number of anilines is 1. The Kier molecular flexibility index (Phi) is 5.44. The predicted octanol–water partition coefficient (Wildman–Crippen LogP) is 3.53. The molecule has 1 heterocycles. The second kappa shape index (κ2) is 7.60. The van der Waals surface area contributed by atoms with Gasteiger partial charge in [-0.05, 0) is 43.2 Å². The van der Waals surface area contributed by atoms with Crippen LogP contribution in [0.3, 0.4) is 0 Å². The fraction of sp³-hybridized carbons (Fsp3) is 0.409. The Labute approximate surface area is 157 Å². The molecule has 1 aliphatic rings. The molecule has 0 spiro atoms. The van der Waals surface area contributed by atoms with Gasteiger partial charge in [-0.1, -0.05) is 62.4 Å². The minimum absolute atomic E-state index is 0.141. The Balaban J connectivity index is 2.16. The van der Waals surface area contributed by atoms with Gasteiger partial charge in [0.2, 0.25) is 0 Å². The maximum absolute atomic E-state index is 13.8. The van der Waals surface area contributed by atoms with E-state index in [0.29, 0.717) is 0 Å². The van der Waals surface area contributed by atoms with Crippen LogP contribution < -0.4 is 5.01 Å². The van der Waals surface area contributed by atoms with Crippen LogP contribution in [0.15, 0.2) is 54.6 Å². The number of benzene rings is 2. The zero-order valence-corrected chi connectivity index (χ0v) is 16.3. The normalized spacial score (nSPS) is 19.5. The number of hydrogen-bond acceptors (Lipinski definition) is 3. The van der Waals surface area contributed by atoms with Gasteiger partial charge in [-0.25, -0.2) is 10.0 Å². The molecule has 4 heteroatoms. The Morgan fingerprint density at radius 1 is 0.923 bits per heavy atom. The molecule has 0 bridgehead atoms. The average molecular weight is 351 g/mol. The summed E-state index contributed by atoms with van der Waals surface area (Å²) in [6.45, 7) is 7.23. The standard InChI is InChI=1S/C22H29N3O/c1-5-24(6-2)17-16-22(18-12-8-7-9-13-18)19-14-10-11-15-20(19)25(21(22)26)23(3)4/h7-15H,5-6,16-17H2,1-4H3/t22-/m1/s1. The highest BCUT2D eigenvalue weighted by molar-refractivity contribution is 6.09. The van der Waals surface area contributed by atoms with Crippen LogP contribution in [0.25, 0.3) is 0 Å². The molecular formula is C22H29N3O. The Morgan fingerprint density at radius 3 is 2.15 bits per heavy atom. The average Bonchev–Trinajstić information content (AvgIpc) is 2.92. The van der Waals surface area contributed by atoms with Crippen molar-refractivity contribution in [1.29, 1.82) is 0 Å². The number of carbonyl (C=O) groups excluding carboxylic acids is 1. The van der Waals surface area contributed by atoms with E-state index in [1.54, 1.807) is 0 Å². The summed E-state index contributed by atoms with van der Waals surface area (Å²) in [5, 5.41) is 3.72. The molecule has 0 aliphatic carbocycles. The lowest BCUT2D eigenvalue weighted by atomic mass is 9.72. The van der Waals surface area contributed by atoms with E-state index < -0.39 is 5.41 Å². The van der Waals surface area contributed by atoms with Crippen molar-refractivity contribution >= 4 is 11.6 Å². The second-order valence-electron chi connectivity index (χ2n) is 7.03. The summed E-state index contributed by atoms with van der Waals surface area (Å²) in [6.07, 6.45) is 0.777. The van der Waals surface area contributed by atoms with Crippen molar-refractivity contribution in [3.63, 3.8) is 0 Å². The number of rotatable bonds is 7. The first kappa shape index (κ1) is 18.6. The van der Waals surface area contributed by atoms with Crippen molar-refractivity contribution in [3.8, 4) is 0 Å². The molecule has 1 atom stereocenters. The summed E-state index contributed by atoms with van der Waals surface area (Å²) >= 11 is 0. The minimum atomic E-state index is -0.634. The molecule has 26 heavy (non-hydrogen) atoms. The quantitative estimate of drug-likeness (QED) is 0.763. The lowest BCUT2D eigenvalue weighted by molar-refractivity contribution is -0.124. The van der Waals surface area contributed by atoms with Crippen LogP contribution in [-0.2, 0) is 10.2 Å². The lowest BCUT2D eigenvalue weighted by Gasteiger charge is -2.33. The van der Waals surface area contributed by atoms with Crippen molar-refractivity contribution in [3.05, 3.63) is 65.7 Å². The second-order valence-corrected chi connectivity index (χ2v) is 7.03. The minimum Gasteiger partial charge on any atom is -0.304 e. The van der Waals surface area contributed by atoms with Gasteiger partial charge < -0.3 is 4.90 Å². The molecule has 0 aromatic heterocycles. The Hall–Kier alpha value is -2.17. The van der Waals surface area contributed by atoms with E-state index in [1.807, 2.05) is 54.4 Å². The number of fused-ring (bicyclic) bond motifs is 1. The highest BCUT2D eigenvalue weighted by Crippen LogP contribution is 2.48. The molecule has 0 saturated heterocycles. The van der Waals surface area contributed by atoms with Crippen LogP contribution in [0, 0.1) is 0 Å². The maximum Gasteiger partial charge on any atom is 0.256 e. The predicted molar refractivity (Wildman–Crippen MR) is 107 cm³/mol. The van der Waals surface area contributed by atoms with Crippen LogP contribution in [-0.4, -0.2) is 49.5 Å². The maximum atomic E-state index is 13.8. The van der Waals surface area contributed by atoms with Gasteiger partial charge in [-0.15, -0.1) is 0 Å². The summed E-state index contributed by atoms with van der Waals surface area (Å²) in [5.41, 5.74) is 2.54. The van der Waals surface area contributed by atoms with Gasteiger partial charge in [0.1, 0.15) is 5.41 Å². The first-order chi connectivity index (χ1) is 12.6. The first-order valence-electron chi connectivity index (χ1n) is 9.45.